The number of hydrogen-bond donors (Lipinski definition) is 0. The van der Waals surface area contributed by atoms with Gasteiger partial charge < -0.3 is 0 Å². The van der Waals surface area contributed by atoms with Gasteiger partial charge in [0.05, 0.1) is 5.56 Å². The molecule has 0 amide bonds. The summed E-state index contributed by atoms with van der Waals surface area (Å²) in [5.41, 5.74) is 0.677. The third kappa shape index (κ3) is 4.29. The molecule has 5 heteroatoms. The van der Waals surface area contributed by atoms with E-state index in [2.05, 4.69) is 6.92 Å². The maximum Gasteiger partial charge on any atom is 0.416 e. The molecule has 0 aromatic heterocycles. The van der Waals surface area contributed by atoms with Crippen molar-refractivity contribution in [1.29, 1.82) is 0 Å². The van der Waals surface area contributed by atoms with Gasteiger partial charge in [0.2, 0.25) is 0 Å². The molecule has 1 atom stereocenters. The number of benzene rings is 2. The van der Waals surface area contributed by atoms with Crippen molar-refractivity contribution in [2.75, 3.05) is 0 Å². The van der Waals surface area contributed by atoms with Crippen LogP contribution in [0.3, 0.4) is 0 Å². The molecule has 0 heterocycles. The van der Waals surface area contributed by atoms with Gasteiger partial charge in [0.25, 0.3) is 0 Å². The minimum Gasteiger partial charge on any atom is -0.207 e. The van der Waals surface area contributed by atoms with E-state index >= 15 is 0 Å². The monoisotopic (exact) mass is 358 g/mol. The summed E-state index contributed by atoms with van der Waals surface area (Å²) in [4.78, 5) is 0. The first-order chi connectivity index (χ1) is 11.3. The summed E-state index contributed by atoms with van der Waals surface area (Å²) >= 11 is 6.05. The Hall–Kier alpha value is -1.55. The van der Waals surface area contributed by atoms with Crippen molar-refractivity contribution in [1.82, 2.24) is 0 Å². The van der Waals surface area contributed by atoms with Crippen molar-refractivity contribution in [2.45, 2.75) is 45.2 Å². The lowest BCUT2D eigenvalue weighted by Crippen LogP contribution is -2.06. The fourth-order valence-corrected chi connectivity index (χ4v) is 3.14. The quantitative estimate of drug-likeness (QED) is 0.486. The highest BCUT2D eigenvalue weighted by atomic mass is 35.5. The predicted molar refractivity (Wildman–Crippen MR) is 89.8 cm³/mol. The maximum absolute atomic E-state index is 13.8. The van der Waals surface area contributed by atoms with Crippen LogP contribution in [0.2, 0.25) is 5.02 Å². The van der Waals surface area contributed by atoms with Gasteiger partial charge in [-0.3, -0.25) is 0 Å². The maximum atomic E-state index is 13.8. The molecule has 0 N–H and O–H groups in total. The van der Waals surface area contributed by atoms with E-state index in [0.717, 1.165) is 37.0 Å². The van der Waals surface area contributed by atoms with Crippen molar-refractivity contribution in [3.05, 3.63) is 58.4 Å². The molecule has 2 aromatic carbocycles. The van der Waals surface area contributed by atoms with Crippen LogP contribution in [0.4, 0.5) is 17.6 Å². The van der Waals surface area contributed by atoms with Gasteiger partial charge >= 0.3 is 6.18 Å². The molecule has 0 saturated heterocycles. The van der Waals surface area contributed by atoms with Crippen molar-refractivity contribution in [3.63, 3.8) is 0 Å². The average molecular weight is 359 g/mol. The summed E-state index contributed by atoms with van der Waals surface area (Å²) in [6.45, 7) is 4.09. The van der Waals surface area contributed by atoms with Crippen molar-refractivity contribution >= 4 is 11.6 Å². The molecule has 0 radical (unpaired) electrons. The summed E-state index contributed by atoms with van der Waals surface area (Å²) in [7, 11) is 0. The van der Waals surface area contributed by atoms with Crippen LogP contribution in [-0.4, -0.2) is 0 Å². The molecule has 0 spiro atoms. The summed E-state index contributed by atoms with van der Waals surface area (Å²) in [5, 5.41) is 0.415. The van der Waals surface area contributed by atoms with E-state index in [1.54, 1.807) is 12.1 Å². The Kier molecular flexibility index (Phi) is 5.92. The van der Waals surface area contributed by atoms with E-state index < -0.39 is 17.6 Å². The summed E-state index contributed by atoms with van der Waals surface area (Å²) < 4.78 is 52.8. The Bertz CT molecular complexity index is 707. The molecule has 2 aromatic rings. The van der Waals surface area contributed by atoms with Crippen LogP contribution in [0.25, 0.3) is 11.1 Å². The molecule has 0 aliphatic rings. The van der Waals surface area contributed by atoms with Crippen molar-refractivity contribution < 1.29 is 17.6 Å². The average Bonchev–Trinajstić information content (AvgIpc) is 2.51. The highest BCUT2D eigenvalue weighted by molar-refractivity contribution is 6.30. The zero-order chi connectivity index (χ0) is 17.9. The van der Waals surface area contributed by atoms with Crippen LogP contribution < -0.4 is 0 Å². The van der Waals surface area contributed by atoms with Crippen molar-refractivity contribution in [3.8, 4) is 11.1 Å². The molecule has 130 valence electrons. The number of alkyl halides is 3. The van der Waals surface area contributed by atoms with Crippen LogP contribution in [-0.2, 0) is 6.18 Å². The van der Waals surface area contributed by atoms with Crippen LogP contribution in [0.15, 0.2) is 36.4 Å². The molecule has 0 bridgehead atoms. The van der Waals surface area contributed by atoms with Crippen LogP contribution in [0.1, 0.15) is 50.2 Å². The lowest BCUT2D eigenvalue weighted by molar-refractivity contribution is -0.137. The fourth-order valence-electron chi connectivity index (χ4n) is 2.97. The van der Waals surface area contributed by atoms with Gasteiger partial charge in [0.15, 0.2) is 0 Å². The first-order valence-corrected chi connectivity index (χ1v) is 8.31. The van der Waals surface area contributed by atoms with E-state index in [1.807, 2.05) is 13.0 Å². The first-order valence-electron chi connectivity index (χ1n) is 7.93. The molecule has 0 nitrogen and oxygen atoms in total. The van der Waals surface area contributed by atoms with Crippen LogP contribution >= 0.6 is 11.6 Å². The molecule has 0 saturated carbocycles. The van der Waals surface area contributed by atoms with Gasteiger partial charge in [0, 0.05) is 5.02 Å². The molecule has 2 rings (SSSR count). The highest BCUT2D eigenvalue weighted by Crippen LogP contribution is 2.38. The molecule has 0 fully saturated rings. The first kappa shape index (κ1) is 18.8. The minimum absolute atomic E-state index is 0.194. The molecular formula is C19H19ClF4. The molecular weight excluding hydrogens is 340 g/mol. The fraction of sp³-hybridized carbons (Fsp3) is 0.368. The standard InChI is InChI=1S/C19H19ClF4/c1-3-5-12(4-2)17-7-6-15(20)11-18(17)13-8-14(19(22,23)24)10-16(21)9-13/h6-12H,3-5H2,1-2H3. The molecule has 0 aliphatic heterocycles. The molecule has 24 heavy (non-hydrogen) atoms. The minimum atomic E-state index is -4.59. The van der Waals surface area contributed by atoms with Gasteiger partial charge in [-0.05, 0) is 65.8 Å². The Labute approximate surface area is 144 Å². The second-order valence-electron chi connectivity index (χ2n) is 5.85. The lowest BCUT2D eigenvalue weighted by Gasteiger charge is -2.20. The third-order valence-electron chi connectivity index (χ3n) is 4.12. The summed E-state index contributed by atoms with van der Waals surface area (Å²) in [5.74, 6) is -0.714. The third-order valence-corrected chi connectivity index (χ3v) is 4.36. The Morgan fingerprint density at radius 2 is 1.75 bits per heavy atom. The summed E-state index contributed by atoms with van der Waals surface area (Å²) in [6, 6.07) is 7.80. The Morgan fingerprint density at radius 3 is 2.33 bits per heavy atom. The smallest absolute Gasteiger partial charge is 0.207 e. The Balaban J connectivity index is 2.63. The van der Waals surface area contributed by atoms with Crippen molar-refractivity contribution in [2.24, 2.45) is 0 Å². The number of halogens is 5. The van der Waals surface area contributed by atoms with Gasteiger partial charge in [0.1, 0.15) is 5.82 Å². The lowest BCUT2D eigenvalue weighted by atomic mass is 9.86. The van der Waals surface area contributed by atoms with Gasteiger partial charge in [-0.2, -0.15) is 13.2 Å². The van der Waals surface area contributed by atoms with Gasteiger partial charge in [-0.1, -0.05) is 37.9 Å². The SMILES string of the molecule is CCCC(CC)c1ccc(Cl)cc1-c1cc(F)cc(C(F)(F)F)c1. The second-order valence-corrected chi connectivity index (χ2v) is 6.29. The topological polar surface area (TPSA) is 0 Å². The van der Waals surface area contributed by atoms with E-state index in [1.165, 1.54) is 0 Å². The van der Waals surface area contributed by atoms with Gasteiger partial charge in [-0.15, -0.1) is 0 Å². The van der Waals surface area contributed by atoms with Gasteiger partial charge in [-0.25, -0.2) is 4.39 Å². The number of rotatable bonds is 5. The Morgan fingerprint density at radius 1 is 1.04 bits per heavy atom. The summed E-state index contributed by atoms with van der Waals surface area (Å²) in [6.07, 6.45) is -1.88. The number of hydrogen-bond acceptors (Lipinski definition) is 0. The second kappa shape index (κ2) is 7.56. The van der Waals surface area contributed by atoms with E-state index in [0.29, 0.717) is 16.7 Å². The normalized spacial score (nSPS) is 13.1. The largest absolute Gasteiger partial charge is 0.416 e. The predicted octanol–water partition coefficient (Wildman–Crippen LogP) is 7.46. The van der Waals surface area contributed by atoms with Crippen LogP contribution in [0, 0.1) is 5.82 Å². The van der Waals surface area contributed by atoms with E-state index in [4.69, 9.17) is 11.6 Å². The van der Waals surface area contributed by atoms with E-state index in [9.17, 15) is 17.6 Å². The zero-order valence-electron chi connectivity index (χ0n) is 13.6. The zero-order valence-corrected chi connectivity index (χ0v) is 14.3. The molecule has 0 aliphatic carbocycles. The highest BCUT2D eigenvalue weighted by Gasteiger charge is 2.31. The van der Waals surface area contributed by atoms with E-state index in [-0.39, 0.29) is 11.5 Å². The van der Waals surface area contributed by atoms with Crippen LogP contribution in [0.5, 0.6) is 0 Å². The molecule has 1 unspecified atom stereocenters.